The van der Waals surface area contributed by atoms with Crippen LogP contribution in [0.2, 0.25) is 0 Å². The van der Waals surface area contributed by atoms with Crippen LogP contribution in [0.5, 0.6) is 5.75 Å². The van der Waals surface area contributed by atoms with Crippen LogP contribution in [0, 0.1) is 23.7 Å². The molecule has 18 atom stereocenters. The molecule has 5 N–H and O–H groups in total. The van der Waals surface area contributed by atoms with Gasteiger partial charge in [-0.3, -0.25) is 4.79 Å². The van der Waals surface area contributed by atoms with Crippen LogP contribution < -0.4 is 4.74 Å². The van der Waals surface area contributed by atoms with E-state index in [0.29, 0.717) is 45.7 Å². The fraction of sp³-hybridized carbons (Fsp3) is 0.824. The van der Waals surface area contributed by atoms with Gasteiger partial charge >= 0.3 is 5.97 Å². The van der Waals surface area contributed by atoms with Crippen molar-refractivity contribution in [2.75, 3.05) is 48.0 Å². The van der Waals surface area contributed by atoms with Gasteiger partial charge < -0.3 is 68.5 Å². The number of esters is 1. The van der Waals surface area contributed by atoms with Gasteiger partial charge in [0.15, 0.2) is 6.29 Å². The Morgan fingerprint density at radius 1 is 0.957 bits per heavy atom. The number of ether oxygens (including phenoxy) is 7. The van der Waals surface area contributed by atoms with Crippen LogP contribution in [0.4, 0.5) is 0 Å². The fourth-order valence-electron chi connectivity index (χ4n) is 11.3. The van der Waals surface area contributed by atoms with Crippen molar-refractivity contribution in [3.63, 3.8) is 0 Å². The number of likely N-dealkylation sites (N-methyl/N-ethyl adjacent to an activating group) is 2. The summed E-state index contributed by atoms with van der Waals surface area (Å²) in [6.07, 6.45) is -4.77. The van der Waals surface area contributed by atoms with Crippen molar-refractivity contribution in [3.05, 3.63) is 41.7 Å². The number of aliphatic hydroxyl groups excluding tert-OH is 3. The van der Waals surface area contributed by atoms with Crippen molar-refractivity contribution in [2.24, 2.45) is 23.7 Å². The van der Waals surface area contributed by atoms with Crippen molar-refractivity contribution in [2.45, 2.75) is 199 Å². The van der Waals surface area contributed by atoms with Gasteiger partial charge in [-0.15, -0.1) is 5.10 Å². The van der Waals surface area contributed by atoms with Gasteiger partial charge in [0.05, 0.1) is 74.1 Å². The number of benzene rings is 1. The average molecular weight is 978 g/mol. The monoisotopic (exact) mass is 978 g/mol. The number of rotatable bonds is 15. The predicted molar refractivity (Wildman–Crippen MR) is 258 cm³/mol. The summed E-state index contributed by atoms with van der Waals surface area (Å²) in [5.74, 6) is -2.31. The average Bonchev–Trinajstić information content (AvgIpc) is 3.76. The molecular weight excluding hydrogens is 891 g/mol. The Morgan fingerprint density at radius 3 is 2.28 bits per heavy atom. The minimum Gasteiger partial charge on any atom is -0.497 e. The second-order valence-corrected chi connectivity index (χ2v) is 21.4. The highest BCUT2D eigenvalue weighted by Gasteiger charge is 2.55. The molecule has 3 aliphatic rings. The highest BCUT2D eigenvalue weighted by Crippen LogP contribution is 2.45. The van der Waals surface area contributed by atoms with E-state index in [1.165, 1.54) is 14.0 Å². The maximum Gasteiger partial charge on any atom is 0.309 e. The quantitative estimate of drug-likeness (QED) is 0.127. The van der Waals surface area contributed by atoms with Crippen molar-refractivity contribution in [1.29, 1.82) is 0 Å². The van der Waals surface area contributed by atoms with Gasteiger partial charge in [0, 0.05) is 57.2 Å². The van der Waals surface area contributed by atoms with Crippen molar-refractivity contribution >= 4 is 5.97 Å². The van der Waals surface area contributed by atoms with E-state index in [2.05, 4.69) is 15.2 Å². The molecule has 0 bridgehead atoms. The molecule has 0 radical (unpaired) electrons. The first-order chi connectivity index (χ1) is 32.4. The lowest BCUT2D eigenvalue weighted by atomic mass is 9.68. The third kappa shape index (κ3) is 13.8. The summed E-state index contributed by atoms with van der Waals surface area (Å²) in [4.78, 5) is 18.6. The molecule has 1 aromatic heterocycles. The van der Waals surface area contributed by atoms with E-state index >= 15 is 0 Å². The number of nitrogens with zero attached hydrogens (tertiary/aromatic N) is 5. The van der Waals surface area contributed by atoms with Crippen molar-refractivity contribution in [1.82, 2.24) is 24.8 Å². The Morgan fingerprint density at radius 2 is 1.64 bits per heavy atom. The first-order valence-corrected chi connectivity index (χ1v) is 25.1. The van der Waals surface area contributed by atoms with E-state index < -0.39 is 102 Å². The number of hydrogen-bond donors (Lipinski definition) is 5. The Kier molecular flexibility index (Phi) is 20.1. The molecule has 69 heavy (non-hydrogen) atoms. The first kappa shape index (κ1) is 57.1. The van der Waals surface area contributed by atoms with E-state index in [-0.39, 0.29) is 31.3 Å². The zero-order chi connectivity index (χ0) is 51.2. The van der Waals surface area contributed by atoms with Gasteiger partial charge in [-0.05, 0) is 104 Å². The second-order valence-electron chi connectivity index (χ2n) is 21.4. The Hall–Kier alpha value is -2.85. The Balaban J connectivity index is 1.40. The number of methoxy groups -OCH3 is 2. The zero-order valence-electron chi connectivity index (χ0n) is 43.9. The maximum atomic E-state index is 14.6. The van der Waals surface area contributed by atoms with E-state index in [4.69, 9.17) is 33.2 Å². The summed E-state index contributed by atoms with van der Waals surface area (Å²) >= 11 is 0. The van der Waals surface area contributed by atoms with Gasteiger partial charge in [-0.2, -0.15) is 0 Å². The molecule has 0 amide bonds. The number of carbonyl (C=O) groups is 1. The Labute approximate surface area is 410 Å². The van der Waals surface area contributed by atoms with E-state index in [1.807, 2.05) is 84.1 Å². The molecule has 3 fully saturated rings. The van der Waals surface area contributed by atoms with Gasteiger partial charge in [0.1, 0.15) is 35.8 Å². The number of hydrogen-bond acceptors (Lipinski definition) is 17. The van der Waals surface area contributed by atoms with Crippen LogP contribution in [0.1, 0.15) is 106 Å². The molecular formula is C51H87N5O13. The lowest BCUT2D eigenvalue weighted by Crippen LogP contribution is -2.62. The maximum absolute atomic E-state index is 14.6. The summed E-state index contributed by atoms with van der Waals surface area (Å²) < 4.78 is 45.0. The lowest BCUT2D eigenvalue weighted by Gasteiger charge is -2.51. The molecule has 0 aliphatic carbocycles. The molecule has 0 saturated carbocycles. The fourth-order valence-corrected chi connectivity index (χ4v) is 11.3. The molecule has 1 unspecified atom stereocenters. The lowest BCUT2D eigenvalue weighted by molar-refractivity contribution is -0.302. The minimum atomic E-state index is -1.81. The van der Waals surface area contributed by atoms with E-state index in [1.54, 1.807) is 39.5 Å². The zero-order valence-corrected chi connectivity index (χ0v) is 43.9. The molecule has 4 heterocycles. The van der Waals surface area contributed by atoms with Crippen LogP contribution in [0.3, 0.4) is 0 Å². The molecule has 3 saturated heterocycles. The molecule has 1 aromatic carbocycles. The summed E-state index contributed by atoms with van der Waals surface area (Å²) in [6.45, 7) is 20.5. The predicted octanol–water partition coefficient (Wildman–Crippen LogP) is 3.60. The van der Waals surface area contributed by atoms with Gasteiger partial charge in [-0.1, -0.05) is 45.0 Å². The molecule has 5 rings (SSSR count). The molecule has 3 aliphatic heterocycles. The van der Waals surface area contributed by atoms with Crippen LogP contribution in [-0.2, 0) is 52.8 Å². The molecule has 2 aromatic rings. The molecule has 394 valence electrons. The normalized spacial score (nSPS) is 40.2. The Bertz CT molecular complexity index is 1890. The summed E-state index contributed by atoms with van der Waals surface area (Å²) in [6, 6.07) is 6.81. The first-order valence-electron chi connectivity index (χ1n) is 25.1. The van der Waals surface area contributed by atoms with E-state index in [0.717, 1.165) is 17.0 Å². The third-order valence-electron chi connectivity index (χ3n) is 15.7. The number of carbonyl (C=O) groups excluding carboxylic acids is 1. The van der Waals surface area contributed by atoms with Gasteiger partial charge in [0.25, 0.3) is 0 Å². The number of aliphatic hydroxyl groups is 5. The van der Waals surface area contributed by atoms with Gasteiger partial charge in [0.2, 0.25) is 0 Å². The summed E-state index contributed by atoms with van der Waals surface area (Å²) in [7, 11) is 6.98. The van der Waals surface area contributed by atoms with Crippen LogP contribution >= 0.6 is 0 Å². The van der Waals surface area contributed by atoms with Gasteiger partial charge in [-0.25, -0.2) is 4.68 Å². The minimum absolute atomic E-state index is 0.165. The highest BCUT2D eigenvalue weighted by atomic mass is 16.7. The molecule has 18 nitrogen and oxygen atoms in total. The van der Waals surface area contributed by atoms with Crippen LogP contribution in [0.25, 0.3) is 0 Å². The molecule has 0 spiro atoms. The van der Waals surface area contributed by atoms with Crippen molar-refractivity contribution < 1.29 is 63.5 Å². The molecule has 18 heteroatoms. The van der Waals surface area contributed by atoms with Crippen LogP contribution in [-0.4, -0.2) is 188 Å². The SMILES string of the molecule is CC[C@H]1OC(=O)[C@H](C)C([C@H]2C[C@@](C)(OC)[C@@H](O)[C@H](C)O2)[C@H](C)[C@@H](O[C@@H]2O[C@H](C)C[C@H](N(C)CCc3cn(CCOCc4ccc(OC)cc4)nn3)[C@H]2O)[C@](C)(O)C[C@@H](C)CN(C)[C@H](C)[C@@H](O)[C@]1(C)O. The number of cyclic esters (lactones) is 1. The van der Waals surface area contributed by atoms with Crippen LogP contribution in [0.15, 0.2) is 30.5 Å². The number of aromatic nitrogens is 3. The largest absolute Gasteiger partial charge is 0.497 e. The summed E-state index contributed by atoms with van der Waals surface area (Å²) in [5, 5.41) is 68.7. The van der Waals surface area contributed by atoms with Crippen molar-refractivity contribution in [3.8, 4) is 5.75 Å². The topological polar surface area (TPSA) is 220 Å². The second kappa shape index (κ2) is 24.2. The standard InChI is InChI=1S/C51H87N5O13/c1-15-41-51(10,62)44(58)34(6)55(12)27-30(2)25-49(8,61)46(32(4)42(33(5)47(60)68-41)40-26-50(9,64-14)45(59)35(7)67-40)69-48-43(57)39(24-31(3)66-48)54(11)21-20-37-28-56(53-52-37)22-23-65-29-36-16-18-38(63-13)19-17-36/h16-19,28,30-35,39-46,48,57-59,61-62H,15,20-27,29H2,1-14H3/t30-,31-,32+,33-,34-,35+,39+,40-,41-,42?,43-,44-,45+,46-,48+,49-,50-,51-/m1/s1. The summed E-state index contributed by atoms with van der Waals surface area (Å²) in [5.41, 5.74) is -2.59. The highest BCUT2D eigenvalue weighted by molar-refractivity contribution is 5.73. The van der Waals surface area contributed by atoms with E-state index in [9.17, 15) is 30.3 Å². The third-order valence-corrected chi connectivity index (χ3v) is 15.7. The smallest absolute Gasteiger partial charge is 0.309 e.